The maximum absolute atomic E-state index is 12.2. The third kappa shape index (κ3) is 2.34. The number of ether oxygens (including phenoxy) is 1. The molecular weight excluding hydrogens is 218 g/mol. The Morgan fingerprint density at radius 3 is 2.82 bits per heavy atom. The van der Waals surface area contributed by atoms with Crippen molar-refractivity contribution < 1.29 is 9.53 Å². The molecule has 1 heterocycles. The topological polar surface area (TPSA) is 81.6 Å². The van der Waals surface area contributed by atoms with Crippen molar-refractivity contribution in [2.24, 2.45) is 0 Å². The van der Waals surface area contributed by atoms with Crippen LogP contribution in [0.3, 0.4) is 0 Å². The molecule has 92 valence electrons. The Kier molecular flexibility index (Phi) is 3.19. The van der Waals surface area contributed by atoms with Crippen molar-refractivity contribution in [2.45, 2.75) is 12.5 Å². The average Bonchev–Trinajstić information content (AvgIpc) is 2.76. The number of nitrogens with zero attached hydrogens (tertiary/aromatic N) is 1. The summed E-state index contributed by atoms with van der Waals surface area (Å²) in [6, 6.07) is 4.97. The van der Waals surface area contributed by atoms with Gasteiger partial charge in [0.15, 0.2) is 0 Å². The molecule has 5 heteroatoms. The molecule has 4 N–H and O–H groups in total. The summed E-state index contributed by atoms with van der Waals surface area (Å²) in [6.07, 6.45) is 1.01. The number of likely N-dealkylation sites (tertiary alicyclic amines) is 1. The highest BCUT2D eigenvalue weighted by Crippen LogP contribution is 2.21. The Morgan fingerprint density at radius 1 is 1.47 bits per heavy atom. The van der Waals surface area contributed by atoms with Crippen molar-refractivity contribution in [3.05, 3.63) is 23.8 Å². The molecule has 0 bridgehead atoms. The Labute approximate surface area is 100 Å². The third-order valence-electron chi connectivity index (χ3n) is 3.07. The summed E-state index contributed by atoms with van der Waals surface area (Å²) < 4.78 is 5.23. The van der Waals surface area contributed by atoms with Crippen molar-refractivity contribution in [3.63, 3.8) is 0 Å². The lowest BCUT2D eigenvalue weighted by atomic mass is 10.1. The van der Waals surface area contributed by atoms with Crippen LogP contribution in [-0.2, 0) is 4.74 Å². The van der Waals surface area contributed by atoms with Gasteiger partial charge in [0.1, 0.15) is 0 Å². The van der Waals surface area contributed by atoms with Crippen LogP contribution >= 0.6 is 0 Å². The molecule has 1 aliphatic heterocycles. The number of anilines is 2. The number of nitrogen functional groups attached to an aromatic ring is 2. The van der Waals surface area contributed by atoms with Crippen LogP contribution in [0.15, 0.2) is 18.2 Å². The van der Waals surface area contributed by atoms with Gasteiger partial charge in [-0.1, -0.05) is 0 Å². The normalized spacial score (nSPS) is 19.6. The molecule has 1 unspecified atom stereocenters. The molecule has 1 atom stereocenters. The lowest BCUT2D eigenvalue weighted by Gasteiger charge is -2.17. The largest absolute Gasteiger partial charge is 0.399 e. The van der Waals surface area contributed by atoms with E-state index < -0.39 is 0 Å². The summed E-state index contributed by atoms with van der Waals surface area (Å²) in [4.78, 5) is 14.0. The third-order valence-corrected chi connectivity index (χ3v) is 3.07. The van der Waals surface area contributed by atoms with E-state index in [0.717, 1.165) is 6.42 Å². The molecule has 2 rings (SSSR count). The van der Waals surface area contributed by atoms with Gasteiger partial charge in [-0.05, 0) is 24.6 Å². The SMILES string of the molecule is COC1CCN(C(=O)c2ccc(N)cc2N)C1. The molecule has 1 aliphatic rings. The number of rotatable bonds is 2. The quantitative estimate of drug-likeness (QED) is 0.740. The zero-order chi connectivity index (χ0) is 12.4. The van der Waals surface area contributed by atoms with Crippen molar-refractivity contribution in [1.29, 1.82) is 0 Å². The maximum Gasteiger partial charge on any atom is 0.256 e. The zero-order valence-corrected chi connectivity index (χ0v) is 9.85. The van der Waals surface area contributed by atoms with E-state index in [9.17, 15) is 4.79 Å². The van der Waals surface area contributed by atoms with Crippen LogP contribution in [0.25, 0.3) is 0 Å². The molecule has 1 fully saturated rings. The lowest BCUT2D eigenvalue weighted by Crippen LogP contribution is -2.30. The first-order chi connectivity index (χ1) is 8.11. The minimum absolute atomic E-state index is 0.0537. The predicted octanol–water partition coefficient (Wildman–Crippen LogP) is 0.712. The predicted molar refractivity (Wildman–Crippen MR) is 66.6 cm³/mol. The van der Waals surface area contributed by atoms with E-state index in [2.05, 4.69) is 0 Å². The number of methoxy groups -OCH3 is 1. The first kappa shape index (κ1) is 11.7. The van der Waals surface area contributed by atoms with Gasteiger partial charge in [0.2, 0.25) is 0 Å². The van der Waals surface area contributed by atoms with E-state index in [1.165, 1.54) is 0 Å². The molecule has 0 radical (unpaired) electrons. The highest BCUT2D eigenvalue weighted by atomic mass is 16.5. The summed E-state index contributed by atoms with van der Waals surface area (Å²) in [5.74, 6) is -0.0537. The number of amides is 1. The fraction of sp³-hybridized carbons (Fsp3) is 0.417. The standard InChI is InChI=1S/C12H17N3O2/c1-17-9-4-5-15(7-9)12(16)10-3-2-8(13)6-11(10)14/h2-3,6,9H,4-5,7,13-14H2,1H3. The van der Waals surface area contributed by atoms with E-state index in [-0.39, 0.29) is 12.0 Å². The molecule has 5 nitrogen and oxygen atoms in total. The van der Waals surface area contributed by atoms with E-state index in [4.69, 9.17) is 16.2 Å². The number of hydrogen-bond donors (Lipinski definition) is 2. The van der Waals surface area contributed by atoms with E-state index in [1.54, 1.807) is 30.2 Å². The van der Waals surface area contributed by atoms with E-state index in [1.807, 2.05) is 0 Å². The molecule has 0 aromatic heterocycles. The van der Waals surface area contributed by atoms with Gasteiger partial charge < -0.3 is 21.1 Å². The van der Waals surface area contributed by atoms with Gasteiger partial charge in [0, 0.05) is 31.6 Å². The Hall–Kier alpha value is -1.75. The van der Waals surface area contributed by atoms with Gasteiger partial charge in [-0.3, -0.25) is 4.79 Å². The smallest absolute Gasteiger partial charge is 0.256 e. The molecule has 17 heavy (non-hydrogen) atoms. The number of carbonyl (C=O) groups is 1. The van der Waals surface area contributed by atoms with Crippen LogP contribution in [0.1, 0.15) is 16.8 Å². The Balaban J connectivity index is 2.15. The molecule has 0 spiro atoms. The maximum atomic E-state index is 12.2. The summed E-state index contributed by atoms with van der Waals surface area (Å²) in [6.45, 7) is 1.33. The summed E-state index contributed by atoms with van der Waals surface area (Å²) in [5.41, 5.74) is 12.9. The second-order valence-corrected chi connectivity index (χ2v) is 4.24. The number of carbonyl (C=O) groups excluding carboxylic acids is 1. The van der Waals surface area contributed by atoms with Gasteiger partial charge in [-0.25, -0.2) is 0 Å². The Bertz CT molecular complexity index is 434. The second-order valence-electron chi connectivity index (χ2n) is 4.24. The average molecular weight is 235 g/mol. The summed E-state index contributed by atoms with van der Waals surface area (Å²) in [7, 11) is 1.66. The van der Waals surface area contributed by atoms with E-state index in [0.29, 0.717) is 30.0 Å². The van der Waals surface area contributed by atoms with Crippen LogP contribution in [-0.4, -0.2) is 37.1 Å². The van der Waals surface area contributed by atoms with Crippen molar-refractivity contribution in [3.8, 4) is 0 Å². The second kappa shape index (κ2) is 4.63. The van der Waals surface area contributed by atoms with Crippen LogP contribution in [0, 0.1) is 0 Å². The summed E-state index contributed by atoms with van der Waals surface area (Å²) in [5, 5.41) is 0. The van der Waals surface area contributed by atoms with Gasteiger partial charge in [-0.2, -0.15) is 0 Å². The van der Waals surface area contributed by atoms with Gasteiger partial charge in [-0.15, -0.1) is 0 Å². The Morgan fingerprint density at radius 2 is 2.24 bits per heavy atom. The highest BCUT2D eigenvalue weighted by molar-refractivity contribution is 5.99. The molecule has 0 aliphatic carbocycles. The van der Waals surface area contributed by atoms with Crippen molar-refractivity contribution in [2.75, 3.05) is 31.7 Å². The first-order valence-electron chi connectivity index (χ1n) is 5.59. The van der Waals surface area contributed by atoms with Crippen molar-refractivity contribution in [1.82, 2.24) is 4.90 Å². The van der Waals surface area contributed by atoms with Gasteiger partial charge in [0.25, 0.3) is 5.91 Å². The van der Waals surface area contributed by atoms with Crippen LogP contribution in [0.2, 0.25) is 0 Å². The molecule has 0 saturated carbocycles. The van der Waals surface area contributed by atoms with Crippen LogP contribution < -0.4 is 11.5 Å². The minimum Gasteiger partial charge on any atom is -0.399 e. The molecule has 1 amide bonds. The zero-order valence-electron chi connectivity index (χ0n) is 9.85. The molecule has 1 saturated heterocycles. The monoisotopic (exact) mass is 235 g/mol. The number of nitrogens with two attached hydrogens (primary N) is 2. The van der Waals surface area contributed by atoms with Crippen molar-refractivity contribution >= 4 is 17.3 Å². The number of hydrogen-bond acceptors (Lipinski definition) is 4. The van der Waals surface area contributed by atoms with Gasteiger partial charge in [0.05, 0.1) is 11.7 Å². The highest BCUT2D eigenvalue weighted by Gasteiger charge is 2.27. The summed E-state index contributed by atoms with van der Waals surface area (Å²) >= 11 is 0. The molecule has 1 aromatic rings. The fourth-order valence-electron chi connectivity index (χ4n) is 2.05. The first-order valence-corrected chi connectivity index (χ1v) is 5.59. The fourth-order valence-corrected chi connectivity index (χ4v) is 2.05. The molecule has 1 aromatic carbocycles. The minimum atomic E-state index is -0.0537. The number of benzene rings is 1. The van der Waals surface area contributed by atoms with E-state index >= 15 is 0 Å². The van der Waals surface area contributed by atoms with Crippen LogP contribution in [0.5, 0.6) is 0 Å². The lowest BCUT2D eigenvalue weighted by molar-refractivity contribution is 0.0725. The van der Waals surface area contributed by atoms with Gasteiger partial charge >= 0.3 is 0 Å². The molecular formula is C12H17N3O2. The van der Waals surface area contributed by atoms with Crippen LogP contribution in [0.4, 0.5) is 11.4 Å².